The van der Waals surface area contributed by atoms with Crippen molar-refractivity contribution in [2.45, 2.75) is 37.3 Å². The van der Waals surface area contributed by atoms with Gasteiger partial charge in [-0.2, -0.15) is 0 Å². The van der Waals surface area contributed by atoms with Crippen LogP contribution in [0.4, 0.5) is 13.2 Å². The van der Waals surface area contributed by atoms with Gasteiger partial charge in [0.05, 0.1) is 34.2 Å². The Labute approximate surface area is 204 Å². The van der Waals surface area contributed by atoms with Gasteiger partial charge in [0.15, 0.2) is 12.4 Å². The number of fused-ring (bicyclic) bond motifs is 12. The van der Waals surface area contributed by atoms with Crippen LogP contribution >= 0.6 is 0 Å². The number of alkyl halides is 1. The SMILES string of the molecule is O=C1NC(=O)c2c1c1c3cc(F)ccc3n3c1c1c2c2cc(F)ccc2n1C1OC(C3)C(F)C(O)C1O. The van der Waals surface area contributed by atoms with E-state index < -0.39 is 54.2 Å². The summed E-state index contributed by atoms with van der Waals surface area (Å²) in [5.41, 5.74) is 1.53. The van der Waals surface area contributed by atoms with Gasteiger partial charge in [0.1, 0.15) is 29.9 Å². The first-order chi connectivity index (χ1) is 17.8. The summed E-state index contributed by atoms with van der Waals surface area (Å²) < 4.78 is 53.6. The average molecular weight is 507 g/mol. The summed E-state index contributed by atoms with van der Waals surface area (Å²) >= 11 is 0. The predicted molar refractivity (Wildman–Crippen MR) is 125 cm³/mol. The number of nitrogens with one attached hydrogen (secondary N) is 1. The van der Waals surface area contributed by atoms with E-state index >= 15 is 4.39 Å². The molecule has 0 spiro atoms. The zero-order valence-corrected chi connectivity index (χ0v) is 18.7. The van der Waals surface area contributed by atoms with E-state index in [2.05, 4.69) is 5.32 Å². The highest BCUT2D eigenvalue weighted by Crippen LogP contribution is 2.49. The highest BCUT2D eigenvalue weighted by atomic mass is 19.1. The minimum Gasteiger partial charge on any atom is -0.387 e. The average Bonchev–Trinajstić information content (AvgIpc) is 3.45. The molecule has 0 saturated carbocycles. The van der Waals surface area contributed by atoms with E-state index in [1.54, 1.807) is 4.57 Å². The van der Waals surface area contributed by atoms with Crippen molar-refractivity contribution in [1.29, 1.82) is 0 Å². The number of halogens is 3. The number of hydrogen-bond donors (Lipinski definition) is 3. The predicted octanol–water partition coefficient (Wildman–Crippen LogP) is 3.04. The van der Waals surface area contributed by atoms with Crippen molar-refractivity contribution in [2.24, 2.45) is 0 Å². The van der Waals surface area contributed by atoms with Crippen molar-refractivity contribution in [1.82, 2.24) is 14.5 Å². The quantitative estimate of drug-likeness (QED) is 0.280. The number of benzene rings is 3. The van der Waals surface area contributed by atoms with Gasteiger partial charge in [-0.15, -0.1) is 0 Å². The van der Waals surface area contributed by atoms with Gasteiger partial charge in [0, 0.05) is 27.1 Å². The second-order valence-electron chi connectivity index (χ2n) is 9.77. The molecule has 3 aliphatic heterocycles. The lowest BCUT2D eigenvalue weighted by Gasteiger charge is -2.42. The fourth-order valence-electron chi connectivity index (χ4n) is 6.43. The van der Waals surface area contributed by atoms with E-state index in [0.29, 0.717) is 27.5 Å². The first kappa shape index (κ1) is 21.2. The molecule has 186 valence electrons. The molecule has 5 unspecified atom stereocenters. The molecule has 11 heteroatoms. The second-order valence-corrected chi connectivity index (χ2v) is 9.77. The molecule has 0 aliphatic carbocycles. The van der Waals surface area contributed by atoms with Crippen LogP contribution in [0.1, 0.15) is 26.9 Å². The van der Waals surface area contributed by atoms with Gasteiger partial charge >= 0.3 is 0 Å². The topological polar surface area (TPSA) is 106 Å². The number of rotatable bonds is 0. The van der Waals surface area contributed by atoms with Crippen molar-refractivity contribution >= 4 is 55.4 Å². The van der Waals surface area contributed by atoms with Gasteiger partial charge in [-0.05, 0) is 36.4 Å². The lowest BCUT2D eigenvalue weighted by atomic mass is 9.95. The van der Waals surface area contributed by atoms with Crippen molar-refractivity contribution in [3.63, 3.8) is 0 Å². The molecule has 2 bridgehead atoms. The fourth-order valence-corrected chi connectivity index (χ4v) is 6.43. The van der Waals surface area contributed by atoms with Crippen molar-refractivity contribution in [2.75, 3.05) is 0 Å². The molecular weight excluding hydrogens is 491 g/mol. The Morgan fingerprint density at radius 1 is 0.865 bits per heavy atom. The van der Waals surface area contributed by atoms with Crippen molar-refractivity contribution in [3.8, 4) is 0 Å². The lowest BCUT2D eigenvalue weighted by molar-refractivity contribution is -0.229. The smallest absolute Gasteiger partial charge is 0.259 e. The number of carbonyl (C=O) groups is 2. The monoisotopic (exact) mass is 507 g/mol. The first-order valence-corrected chi connectivity index (χ1v) is 11.7. The number of imide groups is 1. The largest absolute Gasteiger partial charge is 0.387 e. The molecule has 1 saturated heterocycles. The number of ether oxygens (including phenoxy) is 1. The van der Waals surface area contributed by atoms with Crippen molar-refractivity contribution < 1.29 is 37.7 Å². The fraction of sp³-hybridized carbons (Fsp3) is 0.231. The minimum atomic E-state index is -1.95. The van der Waals surface area contributed by atoms with Gasteiger partial charge in [-0.1, -0.05) is 0 Å². The summed E-state index contributed by atoms with van der Waals surface area (Å²) in [5.74, 6) is -2.56. The zero-order valence-electron chi connectivity index (χ0n) is 18.7. The molecule has 1 fully saturated rings. The number of carbonyl (C=O) groups excluding carboxylic acids is 2. The maximum absolute atomic E-state index is 15.3. The first-order valence-electron chi connectivity index (χ1n) is 11.7. The molecule has 5 heterocycles. The summed E-state index contributed by atoms with van der Waals surface area (Å²) in [5, 5.41) is 25.0. The maximum atomic E-state index is 15.3. The summed E-state index contributed by atoms with van der Waals surface area (Å²) in [6.45, 7) is -0.133. The highest BCUT2D eigenvalue weighted by molar-refractivity contribution is 6.39. The molecule has 2 aromatic heterocycles. The molecule has 8 nitrogen and oxygen atoms in total. The van der Waals surface area contributed by atoms with Gasteiger partial charge in [-0.25, -0.2) is 13.2 Å². The van der Waals surface area contributed by atoms with E-state index in [0.717, 1.165) is 0 Å². The maximum Gasteiger partial charge on any atom is 0.259 e. The zero-order chi connectivity index (χ0) is 25.5. The Kier molecular flexibility index (Phi) is 3.83. The molecule has 8 rings (SSSR count). The van der Waals surface area contributed by atoms with E-state index in [4.69, 9.17) is 4.74 Å². The molecule has 3 aromatic carbocycles. The lowest BCUT2D eigenvalue weighted by Crippen LogP contribution is -2.55. The van der Waals surface area contributed by atoms with Crippen LogP contribution in [0.5, 0.6) is 0 Å². The van der Waals surface area contributed by atoms with Crippen molar-refractivity contribution in [3.05, 3.63) is 59.2 Å². The molecule has 0 radical (unpaired) electrons. The van der Waals surface area contributed by atoms with Gasteiger partial charge in [0.2, 0.25) is 0 Å². The molecule has 5 aromatic rings. The Morgan fingerprint density at radius 2 is 1.46 bits per heavy atom. The van der Waals surface area contributed by atoms with E-state index in [-0.39, 0.29) is 33.8 Å². The third-order valence-electron chi connectivity index (χ3n) is 7.90. The summed E-state index contributed by atoms with van der Waals surface area (Å²) in [6, 6.07) is 7.80. The summed E-state index contributed by atoms with van der Waals surface area (Å²) in [4.78, 5) is 26.3. The molecule has 37 heavy (non-hydrogen) atoms. The van der Waals surface area contributed by atoms with Crippen LogP contribution in [0.15, 0.2) is 36.4 Å². The van der Waals surface area contributed by atoms with Crippen LogP contribution in [-0.2, 0) is 11.3 Å². The summed E-state index contributed by atoms with van der Waals surface area (Å²) in [7, 11) is 0. The van der Waals surface area contributed by atoms with Crippen LogP contribution < -0.4 is 5.32 Å². The van der Waals surface area contributed by atoms with Crippen LogP contribution in [0, 0.1) is 11.6 Å². The number of amides is 2. The molecule has 3 aliphatic rings. The molecule has 5 atom stereocenters. The van der Waals surface area contributed by atoms with Gasteiger partial charge in [-0.3, -0.25) is 14.9 Å². The summed E-state index contributed by atoms with van der Waals surface area (Å²) in [6.07, 6.45) is -7.93. The third-order valence-corrected chi connectivity index (χ3v) is 7.90. The minimum absolute atomic E-state index is 0.00324. The van der Waals surface area contributed by atoms with E-state index in [9.17, 15) is 28.6 Å². The standard InChI is InChI=1S/C26H16F3N3O5/c27-8-1-3-12-10(5-8)15-17-18(25(36)30-24(17)35)16-11-6-9(28)2-4-13(11)32-21(16)20(15)31(12)7-14-19(29)22(33)23(34)26(32)37-14/h1-6,14,19,22-23,26,33-34H,7H2,(H,30,35,36). The second kappa shape index (κ2) is 6.68. The Bertz CT molecular complexity index is 1910. The van der Waals surface area contributed by atoms with Gasteiger partial charge in [0.25, 0.3) is 11.8 Å². The molecular formula is C26H16F3N3O5. The Morgan fingerprint density at radius 3 is 2.14 bits per heavy atom. The third kappa shape index (κ3) is 2.39. The van der Waals surface area contributed by atoms with Crippen LogP contribution in [0.2, 0.25) is 0 Å². The number of aliphatic hydroxyl groups is 2. The molecule has 2 amide bonds. The number of nitrogens with zero attached hydrogens (tertiary/aromatic N) is 2. The van der Waals surface area contributed by atoms with Gasteiger partial charge < -0.3 is 24.1 Å². The Hall–Kier alpha value is -3.93. The normalized spacial score (nSPS) is 26.9. The number of aliphatic hydroxyl groups excluding tert-OH is 2. The molecule has 3 N–H and O–H groups in total. The number of hydrogen-bond acceptors (Lipinski definition) is 5. The highest BCUT2D eigenvalue weighted by Gasteiger charge is 2.49. The van der Waals surface area contributed by atoms with E-state index in [1.165, 1.54) is 41.0 Å². The Balaban J connectivity index is 1.73. The van der Waals surface area contributed by atoms with Crippen LogP contribution in [0.3, 0.4) is 0 Å². The van der Waals surface area contributed by atoms with Crippen LogP contribution in [0.25, 0.3) is 43.6 Å². The van der Waals surface area contributed by atoms with Crippen LogP contribution in [-0.4, -0.2) is 55.6 Å². The number of aromatic nitrogens is 2. The van der Waals surface area contributed by atoms with E-state index in [1.807, 2.05) is 0 Å².